The molecule has 3 heteroatoms. The van der Waals surface area contributed by atoms with Gasteiger partial charge in [0.2, 0.25) is 0 Å². The van der Waals surface area contributed by atoms with Crippen LogP contribution in [0.15, 0.2) is 24.3 Å². The minimum Gasteiger partial charge on any atom is -0.330 e. The highest BCUT2D eigenvalue weighted by Crippen LogP contribution is 2.27. The lowest BCUT2D eigenvalue weighted by molar-refractivity contribution is 0.157. The van der Waals surface area contributed by atoms with Crippen LogP contribution in [0.4, 0.5) is 4.39 Å². The highest BCUT2D eigenvalue weighted by atomic mass is 19.1. The van der Waals surface area contributed by atoms with Crippen LogP contribution in [0.3, 0.4) is 0 Å². The number of nitrogens with zero attached hydrogens (tertiary/aromatic N) is 1. The van der Waals surface area contributed by atoms with Gasteiger partial charge in [-0.25, -0.2) is 4.39 Å². The first-order valence-corrected chi connectivity index (χ1v) is 6.51. The molecule has 0 radical (unpaired) electrons. The fraction of sp³-hybridized carbons (Fsp3) is 0.571. The maximum Gasteiger partial charge on any atom is 0.123 e. The Morgan fingerprint density at radius 2 is 2.00 bits per heavy atom. The summed E-state index contributed by atoms with van der Waals surface area (Å²) < 4.78 is 13.3. The molecule has 1 atom stereocenters. The molecule has 0 amide bonds. The Labute approximate surface area is 103 Å². The monoisotopic (exact) mass is 236 g/mol. The van der Waals surface area contributed by atoms with Gasteiger partial charge in [0.25, 0.3) is 0 Å². The number of hydrogen-bond donors (Lipinski definition) is 1. The first kappa shape index (κ1) is 12.5. The second-order valence-corrected chi connectivity index (χ2v) is 4.74. The van der Waals surface area contributed by atoms with Crippen molar-refractivity contribution in [3.05, 3.63) is 35.6 Å². The molecule has 17 heavy (non-hydrogen) atoms. The third-order valence-corrected chi connectivity index (χ3v) is 3.50. The molecule has 1 aromatic rings. The van der Waals surface area contributed by atoms with Crippen molar-refractivity contribution in [1.29, 1.82) is 0 Å². The van der Waals surface area contributed by atoms with Gasteiger partial charge in [-0.05, 0) is 56.6 Å². The first-order valence-electron chi connectivity index (χ1n) is 6.51. The van der Waals surface area contributed by atoms with E-state index in [0.717, 1.165) is 25.1 Å². The largest absolute Gasteiger partial charge is 0.330 e. The van der Waals surface area contributed by atoms with E-state index in [1.54, 1.807) is 12.1 Å². The Kier molecular flexibility index (Phi) is 4.51. The summed E-state index contributed by atoms with van der Waals surface area (Å²) >= 11 is 0. The predicted octanol–water partition coefficient (Wildman–Crippen LogP) is 2.70. The molecular weight excluding hydrogens is 215 g/mol. The Balaban J connectivity index is 2.15. The van der Waals surface area contributed by atoms with Crippen LogP contribution in [0.25, 0.3) is 0 Å². The average Bonchev–Trinajstić information content (AvgIpc) is 2.37. The number of benzene rings is 1. The third-order valence-electron chi connectivity index (χ3n) is 3.50. The third kappa shape index (κ3) is 3.27. The van der Waals surface area contributed by atoms with Crippen molar-refractivity contribution >= 4 is 0 Å². The molecule has 1 aliphatic rings. The van der Waals surface area contributed by atoms with Gasteiger partial charge in [-0.2, -0.15) is 0 Å². The van der Waals surface area contributed by atoms with E-state index in [2.05, 4.69) is 4.90 Å². The van der Waals surface area contributed by atoms with Gasteiger partial charge in [-0.1, -0.05) is 18.6 Å². The molecule has 2 rings (SSSR count). The second kappa shape index (κ2) is 6.12. The lowest BCUT2D eigenvalue weighted by Crippen LogP contribution is -2.34. The van der Waals surface area contributed by atoms with Gasteiger partial charge in [0, 0.05) is 6.04 Å². The second-order valence-electron chi connectivity index (χ2n) is 4.74. The Morgan fingerprint density at radius 1 is 1.24 bits per heavy atom. The molecule has 2 nitrogen and oxygen atoms in total. The molecule has 94 valence electrons. The van der Waals surface area contributed by atoms with Crippen LogP contribution in [0.2, 0.25) is 0 Å². The van der Waals surface area contributed by atoms with Gasteiger partial charge in [0.05, 0.1) is 0 Å². The maximum atomic E-state index is 13.3. The summed E-state index contributed by atoms with van der Waals surface area (Å²) in [5.41, 5.74) is 6.76. The van der Waals surface area contributed by atoms with E-state index in [-0.39, 0.29) is 11.9 Å². The molecule has 1 saturated heterocycles. The van der Waals surface area contributed by atoms with Crippen LogP contribution >= 0.6 is 0 Å². The van der Waals surface area contributed by atoms with Gasteiger partial charge >= 0.3 is 0 Å². The van der Waals surface area contributed by atoms with Crippen molar-refractivity contribution in [3.8, 4) is 0 Å². The molecule has 0 aliphatic carbocycles. The van der Waals surface area contributed by atoms with E-state index in [1.165, 1.54) is 25.3 Å². The number of halogens is 1. The smallest absolute Gasteiger partial charge is 0.123 e. The molecule has 1 aromatic carbocycles. The summed E-state index contributed by atoms with van der Waals surface area (Å²) in [4.78, 5) is 2.45. The number of hydrogen-bond acceptors (Lipinski definition) is 2. The molecule has 0 bridgehead atoms. The average molecular weight is 236 g/mol. The summed E-state index contributed by atoms with van der Waals surface area (Å²) in [6, 6.07) is 7.24. The molecular formula is C14H21FN2. The van der Waals surface area contributed by atoms with E-state index >= 15 is 0 Å². The van der Waals surface area contributed by atoms with Crippen LogP contribution in [-0.2, 0) is 0 Å². The minimum absolute atomic E-state index is 0.151. The van der Waals surface area contributed by atoms with Crippen LogP contribution in [-0.4, -0.2) is 24.5 Å². The normalized spacial score (nSPS) is 19.2. The summed E-state index contributed by atoms with van der Waals surface area (Å²) in [6.45, 7) is 2.88. The van der Waals surface area contributed by atoms with E-state index in [0.29, 0.717) is 6.54 Å². The molecule has 0 spiro atoms. The topological polar surface area (TPSA) is 29.3 Å². The predicted molar refractivity (Wildman–Crippen MR) is 68.2 cm³/mol. The van der Waals surface area contributed by atoms with Crippen molar-refractivity contribution in [3.63, 3.8) is 0 Å². The SMILES string of the molecule is NCCC(c1cccc(F)c1)N1CCCCC1. The number of piperidine rings is 1. The highest BCUT2D eigenvalue weighted by Gasteiger charge is 2.21. The van der Waals surface area contributed by atoms with E-state index < -0.39 is 0 Å². The summed E-state index contributed by atoms with van der Waals surface area (Å²) in [5.74, 6) is -0.151. The quantitative estimate of drug-likeness (QED) is 0.871. The van der Waals surface area contributed by atoms with E-state index in [1.807, 2.05) is 6.07 Å². The molecule has 1 unspecified atom stereocenters. The van der Waals surface area contributed by atoms with Crippen LogP contribution in [0, 0.1) is 5.82 Å². The Morgan fingerprint density at radius 3 is 2.65 bits per heavy atom. The zero-order valence-corrected chi connectivity index (χ0v) is 10.2. The number of rotatable bonds is 4. The van der Waals surface area contributed by atoms with Gasteiger partial charge in [-0.15, -0.1) is 0 Å². The zero-order chi connectivity index (χ0) is 12.1. The zero-order valence-electron chi connectivity index (χ0n) is 10.2. The molecule has 1 heterocycles. The van der Waals surface area contributed by atoms with E-state index in [4.69, 9.17) is 5.73 Å². The van der Waals surface area contributed by atoms with Gasteiger partial charge < -0.3 is 5.73 Å². The fourth-order valence-electron chi connectivity index (χ4n) is 2.66. The lowest BCUT2D eigenvalue weighted by atomic mass is 9.99. The van der Waals surface area contributed by atoms with Crippen molar-refractivity contribution < 1.29 is 4.39 Å². The van der Waals surface area contributed by atoms with Crippen LogP contribution in [0.5, 0.6) is 0 Å². The molecule has 2 N–H and O–H groups in total. The molecule has 1 fully saturated rings. The molecule has 0 aromatic heterocycles. The molecule has 0 saturated carbocycles. The standard InChI is InChI=1S/C14H21FN2/c15-13-6-4-5-12(11-13)14(7-8-16)17-9-2-1-3-10-17/h4-6,11,14H,1-3,7-10,16H2. The van der Waals surface area contributed by atoms with Crippen molar-refractivity contribution in [2.75, 3.05) is 19.6 Å². The molecule has 1 aliphatic heterocycles. The Bertz CT molecular complexity index is 348. The summed E-state index contributed by atoms with van der Waals surface area (Å²) in [5, 5.41) is 0. The van der Waals surface area contributed by atoms with Crippen LogP contribution in [0.1, 0.15) is 37.3 Å². The lowest BCUT2D eigenvalue weighted by Gasteiger charge is -2.34. The number of likely N-dealkylation sites (tertiary alicyclic amines) is 1. The van der Waals surface area contributed by atoms with E-state index in [9.17, 15) is 4.39 Å². The van der Waals surface area contributed by atoms with Gasteiger partial charge in [-0.3, -0.25) is 4.90 Å². The summed E-state index contributed by atoms with van der Waals surface area (Å²) in [6.07, 6.45) is 4.71. The van der Waals surface area contributed by atoms with Crippen molar-refractivity contribution in [2.24, 2.45) is 5.73 Å². The number of nitrogens with two attached hydrogens (primary N) is 1. The van der Waals surface area contributed by atoms with Crippen molar-refractivity contribution in [1.82, 2.24) is 4.90 Å². The summed E-state index contributed by atoms with van der Waals surface area (Å²) in [7, 11) is 0. The van der Waals surface area contributed by atoms with Crippen molar-refractivity contribution in [2.45, 2.75) is 31.7 Å². The highest BCUT2D eigenvalue weighted by molar-refractivity contribution is 5.20. The maximum absolute atomic E-state index is 13.3. The van der Waals surface area contributed by atoms with Gasteiger partial charge in [0.1, 0.15) is 5.82 Å². The first-order chi connectivity index (χ1) is 8.31. The fourth-order valence-corrected chi connectivity index (χ4v) is 2.66. The Hall–Kier alpha value is -0.930. The minimum atomic E-state index is -0.151. The van der Waals surface area contributed by atoms with Gasteiger partial charge in [0.15, 0.2) is 0 Å². The van der Waals surface area contributed by atoms with Crippen LogP contribution < -0.4 is 5.73 Å².